The van der Waals surface area contributed by atoms with Crippen molar-refractivity contribution in [1.82, 2.24) is 9.78 Å². The molecule has 0 amide bonds. The summed E-state index contributed by atoms with van der Waals surface area (Å²) in [6.07, 6.45) is 0.0988. The lowest BCUT2D eigenvalue weighted by Gasteiger charge is -2.12. The number of carbonyl (C=O) groups is 1. The zero-order chi connectivity index (χ0) is 13.2. The Bertz CT molecular complexity index is 415. The van der Waals surface area contributed by atoms with Crippen molar-refractivity contribution in [2.24, 2.45) is 12.8 Å². The molecule has 0 aliphatic heterocycles. The molecule has 0 saturated carbocycles. The molecule has 0 spiro atoms. The molecule has 0 aliphatic rings. The van der Waals surface area contributed by atoms with Gasteiger partial charge in [0.2, 0.25) is 0 Å². The number of rotatable bonds is 4. The highest BCUT2D eigenvalue weighted by Gasteiger charge is 2.24. The number of nitrogens with zero attached hydrogens (tertiary/aromatic N) is 2. The molecule has 0 bridgehead atoms. The van der Waals surface area contributed by atoms with Crippen molar-refractivity contribution in [2.75, 3.05) is 7.11 Å². The van der Waals surface area contributed by atoms with Gasteiger partial charge < -0.3 is 10.5 Å². The SMILES string of the molecule is COC(=O)C[C@H](N)c1c(C(C)C)nn(C)c1Cl. The number of halogens is 1. The second kappa shape index (κ2) is 5.51. The van der Waals surface area contributed by atoms with E-state index in [1.165, 1.54) is 7.11 Å². The Morgan fingerprint density at radius 1 is 1.59 bits per heavy atom. The Kier molecular flexibility index (Phi) is 4.54. The van der Waals surface area contributed by atoms with Crippen LogP contribution in [0.4, 0.5) is 0 Å². The van der Waals surface area contributed by atoms with Crippen molar-refractivity contribution in [1.29, 1.82) is 0 Å². The summed E-state index contributed by atoms with van der Waals surface area (Å²) in [5.74, 6) is -0.153. The van der Waals surface area contributed by atoms with Crippen LogP contribution in [0.1, 0.15) is 43.5 Å². The maximum Gasteiger partial charge on any atom is 0.307 e. The Morgan fingerprint density at radius 3 is 2.65 bits per heavy atom. The average Bonchev–Trinajstić information content (AvgIpc) is 2.55. The Labute approximate surface area is 106 Å². The van der Waals surface area contributed by atoms with Crippen LogP contribution in [0.3, 0.4) is 0 Å². The van der Waals surface area contributed by atoms with Crippen LogP contribution in [0.2, 0.25) is 5.15 Å². The number of ether oxygens (including phenoxy) is 1. The summed E-state index contributed by atoms with van der Waals surface area (Å²) in [6, 6.07) is -0.485. The van der Waals surface area contributed by atoms with Crippen molar-refractivity contribution in [2.45, 2.75) is 32.2 Å². The van der Waals surface area contributed by atoms with Crippen LogP contribution in [-0.2, 0) is 16.6 Å². The van der Waals surface area contributed by atoms with Crippen molar-refractivity contribution in [3.63, 3.8) is 0 Å². The lowest BCUT2D eigenvalue weighted by molar-refractivity contribution is -0.141. The topological polar surface area (TPSA) is 70.1 Å². The van der Waals surface area contributed by atoms with Gasteiger partial charge in [-0.2, -0.15) is 5.10 Å². The first-order valence-electron chi connectivity index (χ1n) is 5.43. The predicted molar refractivity (Wildman–Crippen MR) is 65.9 cm³/mol. The number of nitrogens with two attached hydrogens (primary N) is 1. The summed E-state index contributed by atoms with van der Waals surface area (Å²) in [5.41, 5.74) is 7.54. The van der Waals surface area contributed by atoms with Crippen LogP contribution in [0.25, 0.3) is 0 Å². The first kappa shape index (κ1) is 14.0. The summed E-state index contributed by atoms with van der Waals surface area (Å²) in [6.45, 7) is 4.01. The third-order valence-electron chi connectivity index (χ3n) is 2.57. The molecular formula is C11H18ClN3O2. The molecule has 5 nitrogen and oxygen atoms in total. The number of esters is 1. The minimum absolute atomic E-state index is 0.0988. The van der Waals surface area contributed by atoms with E-state index in [9.17, 15) is 4.79 Å². The number of methoxy groups -OCH3 is 1. The van der Waals surface area contributed by atoms with Gasteiger partial charge in [-0.3, -0.25) is 9.48 Å². The highest BCUT2D eigenvalue weighted by atomic mass is 35.5. The Hall–Kier alpha value is -1.07. The molecule has 1 rings (SSSR count). The fourth-order valence-corrected chi connectivity index (χ4v) is 1.95. The smallest absolute Gasteiger partial charge is 0.307 e. The molecule has 0 aromatic carbocycles. The third kappa shape index (κ3) is 2.98. The predicted octanol–water partition coefficient (Wildman–Crippen LogP) is 1.76. The molecule has 1 aromatic rings. The van der Waals surface area contributed by atoms with Gasteiger partial charge in [-0.05, 0) is 5.92 Å². The van der Waals surface area contributed by atoms with Crippen LogP contribution in [-0.4, -0.2) is 22.9 Å². The van der Waals surface area contributed by atoms with E-state index < -0.39 is 6.04 Å². The molecule has 0 aliphatic carbocycles. The molecule has 17 heavy (non-hydrogen) atoms. The van der Waals surface area contributed by atoms with E-state index in [0.717, 1.165) is 11.3 Å². The molecule has 1 heterocycles. The van der Waals surface area contributed by atoms with E-state index in [1.54, 1.807) is 11.7 Å². The van der Waals surface area contributed by atoms with Gasteiger partial charge in [0.05, 0.1) is 19.2 Å². The van der Waals surface area contributed by atoms with Crippen LogP contribution in [0.15, 0.2) is 0 Å². The molecule has 2 N–H and O–H groups in total. The van der Waals surface area contributed by atoms with Crippen molar-refractivity contribution in [3.8, 4) is 0 Å². The maximum absolute atomic E-state index is 11.2. The van der Waals surface area contributed by atoms with Crippen LogP contribution < -0.4 is 5.73 Å². The normalized spacial score (nSPS) is 12.9. The molecule has 6 heteroatoms. The first-order chi connectivity index (χ1) is 7.88. The number of carbonyl (C=O) groups excluding carboxylic acids is 1. The molecule has 1 atom stereocenters. The van der Waals surface area contributed by atoms with Gasteiger partial charge in [-0.25, -0.2) is 0 Å². The molecular weight excluding hydrogens is 242 g/mol. The van der Waals surface area contributed by atoms with E-state index in [0.29, 0.717) is 5.15 Å². The Balaban J connectivity index is 3.06. The summed E-state index contributed by atoms with van der Waals surface area (Å²) in [4.78, 5) is 11.2. The first-order valence-corrected chi connectivity index (χ1v) is 5.81. The minimum atomic E-state index is -0.485. The number of aromatic nitrogens is 2. The van der Waals surface area contributed by atoms with Gasteiger partial charge in [0, 0.05) is 18.7 Å². The fourth-order valence-electron chi connectivity index (χ4n) is 1.67. The minimum Gasteiger partial charge on any atom is -0.469 e. The Morgan fingerprint density at radius 2 is 2.18 bits per heavy atom. The summed E-state index contributed by atoms with van der Waals surface area (Å²) in [7, 11) is 3.09. The molecule has 1 aromatic heterocycles. The molecule has 0 unspecified atom stereocenters. The van der Waals surface area contributed by atoms with E-state index in [4.69, 9.17) is 17.3 Å². The third-order valence-corrected chi connectivity index (χ3v) is 3.02. The molecule has 0 radical (unpaired) electrons. The van der Waals surface area contributed by atoms with E-state index in [2.05, 4.69) is 9.84 Å². The largest absolute Gasteiger partial charge is 0.469 e. The van der Waals surface area contributed by atoms with Crippen molar-refractivity contribution < 1.29 is 9.53 Å². The molecule has 96 valence electrons. The van der Waals surface area contributed by atoms with Crippen LogP contribution in [0.5, 0.6) is 0 Å². The lowest BCUT2D eigenvalue weighted by Crippen LogP contribution is -2.18. The van der Waals surface area contributed by atoms with Crippen LogP contribution >= 0.6 is 11.6 Å². The summed E-state index contributed by atoms with van der Waals surface area (Å²) >= 11 is 6.15. The van der Waals surface area contributed by atoms with Crippen molar-refractivity contribution in [3.05, 3.63) is 16.4 Å². The monoisotopic (exact) mass is 259 g/mol. The van der Waals surface area contributed by atoms with E-state index in [-0.39, 0.29) is 18.3 Å². The number of hydrogen-bond donors (Lipinski definition) is 1. The van der Waals surface area contributed by atoms with Gasteiger partial charge in [-0.1, -0.05) is 25.4 Å². The van der Waals surface area contributed by atoms with Gasteiger partial charge in [0.1, 0.15) is 5.15 Å². The van der Waals surface area contributed by atoms with Gasteiger partial charge >= 0.3 is 5.97 Å². The van der Waals surface area contributed by atoms with Gasteiger partial charge in [0.25, 0.3) is 0 Å². The molecule has 0 saturated heterocycles. The summed E-state index contributed by atoms with van der Waals surface area (Å²) < 4.78 is 6.17. The van der Waals surface area contributed by atoms with E-state index >= 15 is 0 Å². The second-order valence-electron chi connectivity index (χ2n) is 4.25. The fraction of sp³-hybridized carbons (Fsp3) is 0.636. The quantitative estimate of drug-likeness (QED) is 0.837. The maximum atomic E-state index is 11.2. The lowest BCUT2D eigenvalue weighted by atomic mass is 9.99. The number of hydrogen-bond acceptors (Lipinski definition) is 4. The summed E-state index contributed by atoms with van der Waals surface area (Å²) in [5, 5.41) is 4.79. The standard InChI is InChI=1S/C11H18ClN3O2/c1-6(2)10-9(11(12)15(3)14-10)7(13)5-8(16)17-4/h6-7H,5,13H2,1-4H3/t7-/m0/s1. The average molecular weight is 260 g/mol. The van der Waals surface area contributed by atoms with E-state index in [1.807, 2.05) is 13.8 Å². The van der Waals surface area contributed by atoms with Gasteiger partial charge in [-0.15, -0.1) is 0 Å². The highest BCUT2D eigenvalue weighted by molar-refractivity contribution is 6.30. The highest BCUT2D eigenvalue weighted by Crippen LogP contribution is 2.31. The van der Waals surface area contributed by atoms with Gasteiger partial charge in [0.15, 0.2) is 0 Å². The number of aryl methyl sites for hydroxylation is 1. The van der Waals surface area contributed by atoms with Crippen molar-refractivity contribution >= 4 is 17.6 Å². The zero-order valence-corrected chi connectivity index (χ0v) is 11.3. The zero-order valence-electron chi connectivity index (χ0n) is 10.5. The second-order valence-corrected chi connectivity index (χ2v) is 4.61. The molecule has 0 fully saturated rings. The van der Waals surface area contributed by atoms with Crippen LogP contribution in [0, 0.1) is 0 Å².